The first-order chi connectivity index (χ1) is 9.09. The SMILES string of the molecule is NC(N)=NCCC[C@H](N)C(=O)NCc1ccncc1. The lowest BCUT2D eigenvalue weighted by atomic mass is 10.1. The van der Waals surface area contributed by atoms with E-state index in [1.165, 1.54) is 0 Å². The van der Waals surface area contributed by atoms with Gasteiger partial charge in [-0.05, 0) is 30.5 Å². The van der Waals surface area contributed by atoms with Gasteiger partial charge in [-0.3, -0.25) is 14.8 Å². The van der Waals surface area contributed by atoms with Gasteiger partial charge in [-0.25, -0.2) is 0 Å². The molecule has 0 fully saturated rings. The molecule has 1 heterocycles. The Kier molecular flexibility index (Phi) is 6.31. The monoisotopic (exact) mass is 264 g/mol. The third-order valence-corrected chi connectivity index (χ3v) is 2.52. The fraction of sp³-hybridized carbons (Fsp3) is 0.417. The second-order valence-electron chi connectivity index (χ2n) is 4.13. The molecule has 1 atom stereocenters. The van der Waals surface area contributed by atoms with Gasteiger partial charge in [0, 0.05) is 25.5 Å². The zero-order chi connectivity index (χ0) is 14.1. The Bertz CT molecular complexity index is 415. The minimum atomic E-state index is -0.545. The van der Waals surface area contributed by atoms with Crippen molar-refractivity contribution in [3.63, 3.8) is 0 Å². The number of nitrogens with one attached hydrogen (secondary N) is 1. The minimum absolute atomic E-state index is 0.0516. The highest BCUT2D eigenvalue weighted by Crippen LogP contribution is 1.98. The Morgan fingerprint density at radius 1 is 1.37 bits per heavy atom. The van der Waals surface area contributed by atoms with E-state index in [-0.39, 0.29) is 11.9 Å². The Morgan fingerprint density at radius 2 is 2.05 bits per heavy atom. The predicted octanol–water partition coefficient (Wildman–Crippen LogP) is -0.921. The number of amides is 1. The van der Waals surface area contributed by atoms with Gasteiger partial charge in [-0.2, -0.15) is 0 Å². The molecule has 19 heavy (non-hydrogen) atoms. The molecule has 1 rings (SSSR count). The second kappa shape index (κ2) is 8.04. The first-order valence-corrected chi connectivity index (χ1v) is 6.07. The fourth-order valence-corrected chi connectivity index (χ4v) is 1.47. The number of guanidine groups is 1. The van der Waals surface area contributed by atoms with Crippen molar-refractivity contribution in [3.05, 3.63) is 30.1 Å². The molecule has 0 saturated carbocycles. The van der Waals surface area contributed by atoms with E-state index in [1.807, 2.05) is 12.1 Å². The smallest absolute Gasteiger partial charge is 0.237 e. The Morgan fingerprint density at radius 3 is 2.68 bits per heavy atom. The first kappa shape index (κ1) is 14.9. The lowest BCUT2D eigenvalue weighted by Crippen LogP contribution is -2.40. The predicted molar refractivity (Wildman–Crippen MR) is 74.0 cm³/mol. The highest BCUT2D eigenvalue weighted by Gasteiger charge is 2.12. The van der Waals surface area contributed by atoms with E-state index in [4.69, 9.17) is 17.2 Å². The molecule has 0 saturated heterocycles. The second-order valence-corrected chi connectivity index (χ2v) is 4.13. The van der Waals surface area contributed by atoms with Crippen molar-refractivity contribution in [2.45, 2.75) is 25.4 Å². The van der Waals surface area contributed by atoms with E-state index >= 15 is 0 Å². The number of hydrogen-bond acceptors (Lipinski definition) is 4. The summed E-state index contributed by atoms with van der Waals surface area (Å²) in [7, 11) is 0. The normalized spacial score (nSPS) is 11.6. The summed E-state index contributed by atoms with van der Waals surface area (Å²) >= 11 is 0. The first-order valence-electron chi connectivity index (χ1n) is 6.07. The Hall–Kier alpha value is -2.15. The van der Waals surface area contributed by atoms with Crippen molar-refractivity contribution in [2.75, 3.05) is 6.54 Å². The molecule has 1 amide bonds. The van der Waals surface area contributed by atoms with Crippen LogP contribution in [0.5, 0.6) is 0 Å². The number of pyridine rings is 1. The zero-order valence-electron chi connectivity index (χ0n) is 10.7. The van der Waals surface area contributed by atoms with Gasteiger partial charge in [0.05, 0.1) is 6.04 Å². The molecule has 7 heteroatoms. The molecule has 0 radical (unpaired) electrons. The van der Waals surface area contributed by atoms with Gasteiger partial charge >= 0.3 is 0 Å². The van der Waals surface area contributed by atoms with Crippen molar-refractivity contribution in [1.82, 2.24) is 10.3 Å². The molecule has 7 N–H and O–H groups in total. The van der Waals surface area contributed by atoms with E-state index < -0.39 is 6.04 Å². The van der Waals surface area contributed by atoms with Gasteiger partial charge in [0.15, 0.2) is 5.96 Å². The minimum Gasteiger partial charge on any atom is -0.370 e. The molecule has 104 valence electrons. The third-order valence-electron chi connectivity index (χ3n) is 2.52. The summed E-state index contributed by atoms with van der Waals surface area (Å²) < 4.78 is 0. The summed E-state index contributed by atoms with van der Waals surface area (Å²) in [5.41, 5.74) is 17.1. The highest BCUT2D eigenvalue weighted by atomic mass is 16.2. The molecule has 0 bridgehead atoms. The van der Waals surface area contributed by atoms with Crippen molar-refractivity contribution >= 4 is 11.9 Å². The van der Waals surface area contributed by atoms with Crippen LogP contribution in [0.1, 0.15) is 18.4 Å². The molecule has 0 spiro atoms. The average Bonchev–Trinajstić information content (AvgIpc) is 2.41. The van der Waals surface area contributed by atoms with Gasteiger partial charge in [0.1, 0.15) is 0 Å². The van der Waals surface area contributed by atoms with E-state index in [0.29, 0.717) is 25.9 Å². The van der Waals surface area contributed by atoms with Gasteiger partial charge in [0.2, 0.25) is 5.91 Å². The van der Waals surface area contributed by atoms with Crippen LogP contribution in [0.15, 0.2) is 29.5 Å². The number of carbonyl (C=O) groups is 1. The molecular weight excluding hydrogens is 244 g/mol. The molecule has 1 aromatic rings. The van der Waals surface area contributed by atoms with Crippen LogP contribution in [-0.2, 0) is 11.3 Å². The van der Waals surface area contributed by atoms with Crippen molar-refractivity contribution in [2.24, 2.45) is 22.2 Å². The fourth-order valence-electron chi connectivity index (χ4n) is 1.47. The number of hydrogen-bond donors (Lipinski definition) is 4. The summed E-state index contributed by atoms with van der Waals surface area (Å²) in [6.07, 6.45) is 4.56. The summed E-state index contributed by atoms with van der Waals surface area (Å²) in [6.45, 7) is 0.927. The lowest BCUT2D eigenvalue weighted by molar-refractivity contribution is -0.122. The summed E-state index contributed by atoms with van der Waals surface area (Å²) in [4.78, 5) is 19.4. The van der Waals surface area contributed by atoms with Crippen LogP contribution in [0.25, 0.3) is 0 Å². The van der Waals surface area contributed by atoms with Crippen LogP contribution in [0.4, 0.5) is 0 Å². The summed E-state index contributed by atoms with van der Waals surface area (Å²) in [6, 6.07) is 3.13. The van der Waals surface area contributed by atoms with Crippen molar-refractivity contribution in [1.29, 1.82) is 0 Å². The molecule has 0 aromatic carbocycles. The zero-order valence-corrected chi connectivity index (χ0v) is 10.7. The molecule has 1 aromatic heterocycles. The Balaban J connectivity index is 2.23. The average molecular weight is 264 g/mol. The van der Waals surface area contributed by atoms with Crippen LogP contribution in [0.3, 0.4) is 0 Å². The maximum absolute atomic E-state index is 11.7. The maximum atomic E-state index is 11.7. The van der Waals surface area contributed by atoms with Gasteiger partial charge in [0.25, 0.3) is 0 Å². The van der Waals surface area contributed by atoms with Crippen molar-refractivity contribution < 1.29 is 4.79 Å². The van der Waals surface area contributed by atoms with Crippen LogP contribution in [0, 0.1) is 0 Å². The van der Waals surface area contributed by atoms with E-state index in [2.05, 4.69) is 15.3 Å². The molecule has 7 nitrogen and oxygen atoms in total. The standard InChI is InChI=1S/C12H20N6O/c13-10(2-1-5-17-12(14)15)11(19)18-8-9-3-6-16-7-4-9/h3-4,6-7,10H,1-2,5,8,13H2,(H,18,19)(H4,14,15,17)/t10-/m0/s1. The number of aliphatic imine (C=N–C) groups is 1. The Labute approximate surface area is 112 Å². The van der Waals surface area contributed by atoms with Crippen molar-refractivity contribution in [3.8, 4) is 0 Å². The van der Waals surface area contributed by atoms with Crippen LogP contribution < -0.4 is 22.5 Å². The highest BCUT2D eigenvalue weighted by molar-refractivity contribution is 5.81. The van der Waals surface area contributed by atoms with Gasteiger partial charge in [-0.1, -0.05) is 0 Å². The molecular formula is C12H20N6O. The number of rotatable bonds is 7. The van der Waals surface area contributed by atoms with E-state index in [9.17, 15) is 4.79 Å². The summed E-state index contributed by atoms with van der Waals surface area (Å²) in [5.74, 6) is -0.128. The summed E-state index contributed by atoms with van der Waals surface area (Å²) in [5, 5.41) is 2.77. The molecule has 0 aliphatic rings. The topological polar surface area (TPSA) is 132 Å². The van der Waals surface area contributed by atoms with Crippen LogP contribution in [-0.4, -0.2) is 29.4 Å². The maximum Gasteiger partial charge on any atom is 0.237 e. The van der Waals surface area contributed by atoms with Gasteiger partial charge in [-0.15, -0.1) is 0 Å². The van der Waals surface area contributed by atoms with E-state index in [1.54, 1.807) is 12.4 Å². The number of carbonyl (C=O) groups excluding carboxylic acids is 1. The number of aromatic nitrogens is 1. The number of nitrogens with two attached hydrogens (primary N) is 3. The van der Waals surface area contributed by atoms with E-state index in [0.717, 1.165) is 5.56 Å². The molecule has 0 aliphatic heterocycles. The lowest BCUT2D eigenvalue weighted by Gasteiger charge is -2.11. The quantitative estimate of drug-likeness (QED) is 0.287. The van der Waals surface area contributed by atoms with Gasteiger partial charge < -0.3 is 22.5 Å². The largest absolute Gasteiger partial charge is 0.370 e. The number of nitrogens with zero attached hydrogens (tertiary/aromatic N) is 2. The molecule has 0 unspecified atom stereocenters. The third kappa shape index (κ3) is 6.37. The molecule has 0 aliphatic carbocycles. The van der Waals surface area contributed by atoms with Crippen LogP contribution in [0.2, 0.25) is 0 Å². The van der Waals surface area contributed by atoms with Crippen LogP contribution >= 0.6 is 0 Å².